The van der Waals surface area contributed by atoms with Crippen LogP contribution in [0.2, 0.25) is 0 Å². The molecular weight excluding hydrogens is 457 g/mol. The molecule has 0 atom stereocenters. The van der Waals surface area contributed by atoms with Gasteiger partial charge in [-0.05, 0) is 32.1 Å². The number of guanidine groups is 1. The number of imide groups is 1. The van der Waals surface area contributed by atoms with Crippen LogP contribution >= 0.6 is 24.0 Å². The number of hydrogen-bond acceptors (Lipinski definition) is 4. The van der Waals surface area contributed by atoms with Crippen LogP contribution in [0.3, 0.4) is 0 Å². The van der Waals surface area contributed by atoms with Crippen molar-refractivity contribution in [2.45, 2.75) is 69.9 Å². The van der Waals surface area contributed by atoms with Gasteiger partial charge in [-0.3, -0.25) is 19.5 Å². The van der Waals surface area contributed by atoms with Crippen molar-refractivity contribution in [3.8, 4) is 0 Å². The summed E-state index contributed by atoms with van der Waals surface area (Å²) < 4.78 is 0. The maximum atomic E-state index is 11.8. The molecule has 3 aliphatic rings. The molecule has 2 heterocycles. The fourth-order valence-corrected chi connectivity index (χ4v) is 4.40. The van der Waals surface area contributed by atoms with Crippen molar-refractivity contribution >= 4 is 41.8 Å². The van der Waals surface area contributed by atoms with Gasteiger partial charge in [-0.25, -0.2) is 0 Å². The molecule has 2 N–H and O–H groups in total. The third-order valence-corrected chi connectivity index (χ3v) is 5.95. The number of carbonyl (C=O) groups excluding carboxylic acids is 2. The minimum atomic E-state index is -0.0507. The molecule has 0 radical (unpaired) electrons. The molecule has 3 rings (SSSR count). The van der Waals surface area contributed by atoms with Gasteiger partial charge in [0.05, 0.1) is 0 Å². The molecule has 0 spiro atoms. The van der Waals surface area contributed by atoms with Gasteiger partial charge in [0.2, 0.25) is 11.8 Å². The Kier molecular flexibility index (Phi) is 9.28. The van der Waals surface area contributed by atoms with Gasteiger partial charge in [0, 0.05) is 58.2 Å². The quantitative estimate of drug-likeness (QED) is 0.265. The lowest BCUT2D eigenvalue weighted by molar-refractivity contribution is -0.147. The number of amides is 2. The summed E-state index contributed by atoms with van der Waals surface area (Å²) in [6.07, 6.45) is 9.45. The van der Waals surface area contributed by atoms with Crippen molar-refractivity contribution in [1.82, 2.24) is 20.4 Å². The minimum Gasteiger partial charge on any atom is -0.355 e. The number of carbonyl (C=O) groups is 2. The Morgan fingerprint density at radius 3 is 2.26 bits per heavy atom. The summed E-state index contributed by atoms with van der Waals surface area (Å²) in [5.41, 5.74) is 0. The summed E-state index contributed by atoms with van der Waals surface area (Å²) in [5, 5.41) is 6.75. The van der Waals surface area contributed by atoms with Crippen LogP contribution in [-0.4, -0.2) is 72.9 Å². The number of piperidine rings is 2. The summed E-state index contributed by atoms with van der Waals surface area (Å²) >= 11 is 0. The number of hydrogen-bond donors (Lipinski definition) is 2. The lowest BCUT2D eigenvalue weighted by Gasteiger charge is -2.36. The van der Waals surface area contributed by atoms with Crippen molar-refractivity contribution in [2.75, 3.05) is 33.2 Å². The fourth-order valence-electron chi connectivity index (χ4n) is 4.40. The van der Waals surface area contributed by atoms with Crippen LogP contribution in [0, 0.1) is 0 Å². The van der Waals surface area contributed by atoms with Crippen LogP contribution in [0.1, 0.15) is 57.8 Å². The van der Waals surface area contributed by atoms with Crippen molar-refractivity contribution in [2.24, 2.45) is 4.99 Å². The Hall–Kier alpha value is -0.900. The molecule has 3 fully saturated rings. The largest absolute Gasteiger partial charge is 0.355 e. The van der Waals surface area contributed by atoms with E-state index in [0.717, 1.165) is 37.9 Å². The second kappa shape index (κ2) is 11.2. The molecule has 154 valence electrons. The molecular formula is C19H34IN5O2. The number of nitrogens with one attached hydrogen (secondary N) is 2. The Labute approximate surface area is 179 Å². The number of rotatable bonds is 5. The van der Waals surface area contributed by atoms with Crippen LogP contribution in [0.25, 0.3) is 0 Å². The summed E-state index contributed by atoms with van der Waals surface area (Å²) in [6.45, 7) is 3.28. The SMILES string of the molecule is CN=C(NCCN1C(=O)CCCC1=O)NC1CCN(C2CCCC2)CC1.I. The zero-order chi connectivity index (χ0) is 18.4. The zero-order valence-corrected chi connectivity index (χ0v) is 18.7. The first-order valence-corrected chi connectivity index (χ1v) is 10.2. The molecule has 7 nitrogen and oxygen atoms in total. The molecule has 2 saturated heterocycles. The fraction of sp³-hybridized carbons (Fsp3) is 0.842. The Balaban J connectivity index is 0.00000261. The summed E-state index contributed by atoms with van der Waals surface area (Å²) in [5.74, 6) is 0.664. The van der Waals surface area contributed by atoms with Crippen LogP contribution in [0.15, 0.2) is 4.99 Å². The normalized spacial score (nSPS) is 23.4. The summed E-state index contributed by atoms with van der Waals surface area (Å²) in [6, 6.07) is 1.25. The van der Waals surface area contributed by atoms with E-state index >= 15 is 0 Å². The highest BCUT2D eigenvalue weighted by Gasteiger charge is 2.28. The van der Waals surface area contributed by atoms with E-state index in [-0.39, 0.29) is 35.8 Å². The smallest absolute Gasteiger partial charge is 0.229 e. The predicted octanol–water partition coefficient (Wildman–Crippen LogP) is 1.72. The average Bonchev–Trinajstić information content (AvgIpc) is 3.18. The lowest BCUT2D eigenvalue weighted by Crippen LogP contribution is -2.51. The van der Waals surface area contributed by atoms with E-state index in [4.69, 9.17) is 0 Å². The van der Waals surface area contributed by atoms with Crippen molar-refractivity contribution in [3.63, 3.8) is 0 Å². The van der Waals surface area contributed by atoms with Gasteiger partial charge in [-0.2, -0.15) is 0 Å². The first kappa shape index (κ1) is 22.4. The maximum Gasteiger partial charge on any atom is 0.229 e. The van der Waals surface area contributed by atoms with Crippen LogP contribution < -0.4 is 10.6 Å². The highest BCUT2D eigenvalue weighted by Crippen LogP contribution is 2.26. The standard InChI is InChI=1S/C19H33N5O2.HI/c1-20-19(21-11-14-24-17(25)7-4-8-18(24)26)22-15-9-12-23(13-10-15)16-5-2-3-6-16;/h15-16H,2-14H2,1H3,(H2,20,21,22);1H. The third kappa shape index (κ3) is 6.30. The molecule has 27 heavy (non-hydrogen) atoms. The van der Waals surface area contributed by atoms with Crippen LogP contribution in [0.4, 0.5) is 0 Å². The van der Waals surface area contributed by atoms with Crippen molar-refractivity contribution in [3.05, 3.63) is 0 Å². The number of likely N-dealkylation sites (tertiary alicyclic amines) is 2. The Morgan fingerprint density at radius 2 is 1.67 bits per heavy atom. The molecule has 0 aromatic carbocycles. The van der Waals surface area contributed by atoms with Gasteiger partial charge < -0.3 is 15.5 Å². The first-order chi connectivity index (χ1) is 12.7. The van der Waals surface area contributed by atoms with E-state index < -0.39 is 0 Å². The van der Waals surface area contributed by atoms with Crippen LogP contribution in [-0.2, 0) is 9.59 Å². The number of nitrogens with zero attached hydrogens (tertiary/aromatic N) is 3. The second-order valence-electron chi connectivity index (χ2n) is 7.68. The highest BCUT2D eigenvalue weighted by molar-refractivity contribution is 14.0. The van der Waals surface area contributed by atoms with Gasteiger partial charge in [0.1, 0.15) is 0 Å². The zero-order valence-electron chi connectivity index (χ0n) is 16.4. The number of aliphatic imine (C=N–C) groups is 1. The Bertz CT molecular complexity index is 512. The van der Waals surface area contributed by atoms with Gasteiger partial charge >= 0.3 is 0 Å². The number of halogens is 1. The third-order valence-electron chi connectivity index (χ3n) is 5.95. The van der Waals surface area contributed by atoms with E-state index in [1.807, 2.05) is 0 Å². The monoisotopic (exact) mass is 491 g/mol. The molecule has 0 aromatic heterocycles. The van der Waals surface area contributed by atoms with E-state index in [0.29, 0.717) is 38.4 Å². The molecule has 1 aliphatic carbocycles. The lowest BCUT2D eigenvalue weighted by atomic mass is 10.0. The molecule has 0 unspecified atom stereocenters. The van der Waals surface area contributed by atoms with Gasteiger partial charge in [-0.15, -0.1) is 24.0 Å². The molecule has 0 bridgehead atoms. The topological polar surface area (TPSA) is 77.0 Å². The summed E-state index contributed by atoms with van der Waals surface area (Å²) in [7, 11) is 1.76. The molecule has 2 aliphatic heterocycles. The molecule has 1 saturated carbocycles. The first-order valence-electron chi connectivity index (χ1n) is 10.2. The van der Waals surface area contributed by atoms with Gasteiger partial charge in [0.25, 0.3) is 0 Å². The minimum absolute atomic E-state index is 0. The van der Waals surface area contributed by atoms with E-state index in [1.165, 1.54) is 30.6 Å². The molecule has 0 aromatic rings. The summed E-state index contributed by atoms with van der Waals surface area (Å²) in [4.78, 5) is 32.0. The average molecular weight is 491 g/mol. The van der Waals surface area contributed by atoms with Gasteiger partial charge in [-0.1, -0.05) is 12.8 Å². The van der Waals surface area contributed by atoms with E-state index in [2.05, 4.69) is 20.5 Å². The van der Waals surface area contributed by atoms with Crippen LogP contribution in [0.5, 0.6) is 0 Å². The van der Waals surface area contributed by atoms with Crippen molar-refractivity contribution in [1.29, 1.82) is 0 Å². The molecule has 2 amide bonds. The molecule has 8 heteroatoms. The van der Waals surface area contributed by atoms with Crippen molar-refractivity contribution < 1.29 is 9.59 Å². The van der Waals surface area contributed by atoms with E-state index in [1.54, 1.807) is 7.05 Å². The van der Waals surface area contributed by atoms with E-state index in [9.17, 15) is 9.59 Å². The van der Waals surface area contributed by atoms with Gasteiger partial charge in [0.15, 0.2) is 5.96 Å². The Morgan fingerprint density at radius 1 is 1.04 bits per heavy atom. The predicted molar refractivity (Wildman–Crippen MR) is 117 cm³/mol. The second-order valence-corrected chi connectivity index (χ2v) is 7.68. The highest BCUT2D eigenvalue weighted by atomic mass is 127. The maximum absolute atomic E-state index is 11.8.